The average molecular weight is 185 g/mol. The molecule has 0 aliphatic carbocycles. The van der Waals surface area contributed by atoms with Crippen molar-refractivity contribution < 1.29 is 4.79 Å². The number of hydrogen-bond donors (Lipinski definition) is 2. The van der Waals surface area contributed by atoms with E-state index in [1.54, 1.807) is 6.08 Å². The summed E-state index contributed by atoms with van der Waals surface area (Å²) in [6.07, 6.45) is 1.66. The van der Waals surface area contributed by atoms with Crippen LogP contribution in [-0.4, -0.2) is 51.1 Å². The molecule has 0 aromatic rings. The SMILES string of the molecule is C=CCNC(=O)CNCCN(C)C. The van der Waals surface area contributed by atoms with Gasteiger partial charge in [0.05, 0.1) is 6.54 Å². The fourth-order valence-electron chi connectivity index (χ4n) is 0.753. The summed E-state index contributed by atoms with van der Waals surface area (Å²) < 4.78 is 0. The highest BCUT2D eigenvalue weighted by molar-refractivity contribution is 5.78. The number of likely N-dealkylation sites (N-methyl/N-ethyl adjacent to an activating group) is 1. The molecule has 0 fully saturated rings. The molecule has 0 spiro atoms. The van der Waals surface area contributed by atoms with Gasteiger partial charge >= 0.3 is 0 Å². The molecule has 4 nitrogen and oxygen atoms in total. The zero-order chi connectivity index (χ0) is 10.1. The molecule has 76 valence electrons. The van der Waals surface area contributed by atoms with E-state index in [2.05, 4.69) is 22.1 Å². The van der Waals surface area contributed by atoms with Crippen LogP contribution in [0.5, 0.6) is 0 Å². The van der Waals surface area contributed by atoms with Crippen molar-refractivity contribution in [1.29, 1.82) is 0 Å². The van der Waals surface area contributed by atoms with Gasteiger partial charge in [-0.3, -0.25) is 4.79 Å². The quantitative estimate of drug-likeness (QED) is 0.413. The third-order valence-electron chi connectivity index (χ3n) is 1.46. The second kappa shape index (κ2) is 7.76. The fourth-order valence-corrected chi connectivity index (χ4v) is 0.753. The number of nitrogens with one attached hydrogen (secondary N) is 2. The first-order valence-corrected chi connectivity index (χ1v) is 4.40. The number of carbonyl (C=O) groups is 1. The van der Waals surface area contributed by atoms with E-state index < -0.39 is 0 Å². The first-order chi connectivity index (χ1) is 6.16. The van der Waals surface area contributed by atoms with E-state index in [1.165, 1.54) is 0 Å². The Morgan fingerprint density at radius 1 is 1.54 bits per heavy atom. The molecule has 1 amide bonds. The molecule has 0 atom stereocenters. The Morgan fingerprint density at radius 2 is 2.23 bits per heavy atom. The second-order valence-corrected chi connectivity index (χ2v) is 3.07. The Bertz CT molecular complexity index is 157. The minimum atomic E-state index is 0.0126. The number of amides is 1. The third kappa shape index (κ3) is 9.04. The highest BCUT2D eigenvalue weighted by atomic mass is 16.1. The summed E-state index contributed by atoms with van der Waals surface area (Å²) in [5.41, 5.74) is 0. The summed E-state index contributed by atoms with van der Waals surface area (Å²) in [7, 11) is 4.00. The molecule has 0 aromatic heterocycles. The van der Waals surface area contributed by atoms with E-state index in [-0.39, 0.29) is 5.91 Å². The lowest BCUT2D eigenvalue weighted by molar-refractivity contribution is -0.120. The molecule has 0 aliphatic heterocycles. The van der Waals surface area contributed by atoms with Gasteiger partial charge in [-0.05, 0) is 14.1 Å². The molecule has 0 bridgehead atoms. The van der Waals surface area contributed by atoms with Crippen LogP contribution in [0.3, 0.4) is 0 Å². The van der Waals surface area contributed by atoms with E-state index in [4.69, 9.17) is 0 Å². The van der Waals surface area contributed by atoms with Gasteiger partial charge in [-0.2, -0.15) is 0 Å². The van der Waals surface area contributed by atoms with Crippen molar-refractivity contribution in [3.63, 3.8) is 0 Å². The summed E-state index contributed by atoms with van der Waals surface area (Å²) in [5.74, 6) is 0.0126. The lowest BCUT2D eigenvalue weighted by Gasteiger charge is -2.09. The summed E-state index contributed by atoms with van der Waals surface area (Å²) >= 11 is 0. The van der Waals surface area contributed by atoms with Crippen LogP contribution >= 0.6 is 0 Å². The zero-order valence-electron chi connectivity index (χ0n) is 8.47. The molecule has 2 N–H and O–H groups in total. The maximum Gasteiger partial charge on any atom is 0.234 e. The number of carbonyl (C=O) groups excluding carboxylic acids is 1. The third-order valence-corrected chi connectivity index (χ3v) is 1.46. The van der Waals surface area contributed by atoms with Crippen molar-refractivity contribution in [2.24, 2.45) is 0 Å². The average Bonchev–Trinajstić information content (AvgIpc) is 2.08. The standard InChI is InChI=1S/C9H19N3O/c1-4-5-11-9(13)8-10-6-7-12(2)3/h4,10H,1,5-8H2,2-3H3,(H,11,13). The number of nitrogens with zero attached hydrogens (tertiary/aromatic N) is 1. The van der Waals surface area contributed by atoms with E-state index >= 15 is 0 Å². The monoisotopic (exact) mass is 185 g/mol. The van der Waals surface area contributed by atoms with Gasteiger partial charge in [0.1, 0.15) is 0 Å². The van der Waals surface area contributed by atoms with Gasteiger partial charge in [0.15, 0.2) is 0 Å². The van der Waals surface area contributed by atoms with Crippen LogP contribution in [0.15, 0.2) is 12.7 Å². The Morgan fingerprint density at radius 3 is 2.77 bits per heavy atom. The minimum Gasteiger partial charge on any atom is -0.352 e. The van der Waals surface area contributed by atoms with Crippen LogP contribution in [0.4, 0.5) is 0 Å². The van der Waals surface area contributed by atoms with Gasteiger partial charge in [0, 0.05) is 19.6 Å². The highest BCUT2D eigenvalue weighted by Gasteiger charge is 1.97. The van der Waals surface area contributed by atoms with Gasteiger partial charge in [-0.1, -0.05) is 6.08 Å². The summed E-state index contributed by atoms with van der Waals surface area (Å²) in [6, 6.07) is 0. The van der Waals surface area contributed by atoms with E-state index in [9.17, 15) is 4.79 Å². The van der Waals surface area contributed by atoms with E-state index in [1.807, 2.05) is 14.1 Å². The normalized spacial score (nSPS) is 10.1. The summed E-state index contributed by atoms with van der Waals surface area (Å²) in [5, 5.41) is 5.72. The molecule has 4 heteroatoms. The molecular formula is C9H19N3O. The molecule has 0 heterocycles. The van der Waals surface area contributed by atoms with Crippen molar-refractivity contribution in [3.8, 4) is 0 Å². The molecule has 0 saturated carbocycles. The maximum atomic E-state index is 11.0. The largest absolute Gasteiger partial charge is 0.352 e. The Balaban J connectivity index is 3.21. The zero-order valence-corrected chi connectivity index (χ0v) is 8.47. The van der Waals surface area contributed by atoms with Crippen molar-refractivity contribution in [1.82, 2.24) is 15.5 Å². The number of rotatable bonds is 7. The van der Waals surface area contributed by atoms with Crippen molar-refractivity contribution >= 4 is 5.91 Å². The van der Waals surface area contributed by atoms with Gasteiger partial charge in [0.2, 0.25) is 5.91 Å². The lowest BCUT2D eigenvalue weighted by atomic mass is 10.5. The lowest BCUT2D eigenvalue weighted by Crippen LogP contribution is -2.36. The smallest absolute Gasteiger partial charge is 0.234 e. The Kier molecular flexibility index (Phi) is 7.24. The summed E-state index contributed by atoms with van der Waals surface area (Å²) in [4.78, 5) is 13.1. The van der Waals surface area contributed by atoms with Crippen LogP contribution in [0.2, 0.25) is 0 Å². The molecule has 0 saturated heterocycles. The van der Waals surface area contributed by atoms with E-state index in [0.29, 0.717) is 13.1 Å². The molecule has 0 radical (unpaired) electrons. The molecule has 0 aromatic carbocycles. The molecular weight excluding hydrogens is 166 g/mol. The second-order valence-electron chi connectivity index (χ2n) is 3.07. The first kappa shape index (κ1) is 12.1. The number of hydrogen-bond acceptors (Lipinski definition) is 3. The maximum absolute atomic E-state index is 11.0. The topological polar surface area (TPSA) is 44.4 Å². The summed E-state index contributed by atoms with van der Waals surface area (Å²) in [6.45, 7) is 6.19. The molecule has 0 aliphatic rings. The van der Waals surface area contributed by atoms with Crippen molar-refractivity contribution in [3.05, 3.63) is 12.7 Å². The first-order valence-electron chi connectivity index (χ1n) is 4.40. The molecule has 0 rings (SSSR count). The van der Waals surface area contributed by atoms with Gasteiger partial charge < -0.3 is 15.5 Å². The van der Waals surface area contributed by atoms with Crippen molar-refractivity contribution in [2.75, 3.05) is 40.3 Å². The van der Waals surface area contributed by atoms with Crippen LogP contribution in [0.1, 0.15) is 0 Å². The molecule has 0 unspecified atom stereocenters. The van der Waals surface area contributed by atoms with Crippen molar-refractivity contribution in [2.45, 2.75) is 0 Å². The fraction of sp³-hybridized carbons (Fsp3) is 0.667. The Hall–Kier alpha value is -0.870. The van der Waals surface area contributed by atoms with E-state index in [0.717, 1.165) is 13.1 Å². The highest BCUT2D eigenvalue weighted by Crippen LogP contribution is 1.71. The van der Waals surface area contributed by atoms with Crippen LogP contribution in [0, 0.1) is 0 Å². The van der Waals surface area contributed by atoms with Crippen LogP contribution < -0.4 is 10.6 Å². The minimum absolute atomic E-state index is 0.0126. The van der Waals surface area contributed by atoms with Gasteiger partial charge in [-0.25, -0.2) is 0 Å². The van der Waals surface area contributed by atoms with Crippen LogP contribution in [0.25, 0.3) is 0 Å². The van der Waals surface area contributed by atoms with Gasteiger partial charge in [-0.15, -0.1) is 6.58 Å². The van der Waals surface area contributed by atoms with Gasteiger partial charge in [0.25, 0.3) is 0 Å². The molecule has 13 heavy (non-hydrogen) atoms. The van der Waals surface area contributed by atoms with Crippen LogP contribution in [-0.2, 0) is 4.79 Å². The predicted molar refractivity (Wildman–Crippen MR) is 54.6 cm³/mol. The Labute approximate surface area is 80.0 Å². The predicted octanol–water partition coefficient (Wildman–Crippen LogP) is -0.560.